The Labute approximate surface area is 171 Å². The van der Waals surface area contributed by atoms with Gasteiger partial charge in [0, 0.05) is 0 Å². The number of amides is 3. The van der Waals surface area contributed by atoms with Crippen LogP contribution in [-0.2, 0) is 10.3 Å². The number of imide groups is 1. The number of furan rings is 1. The van der Waals surface area contributed by atoms with E-state index < -0.39 is 23.3 Å². The number of hydrazone groups is 1. The molecule has 30 heavy (non-hydrogen) atoms. The minimum absolute atomic E-state index is 0.267. The molecule has 8 heteroatoms. The van der Waals surface area contributed by atoms with Crippen molar-refractivity contribution in [3.63, 3.8) is 0 Å². The van der Waals surface area contributed by atoms with Crippen molar-refractivity contribution in [1.29, 1.82) is 0 Å². The van der Waals surface area contributed by atoms with Gasteiger partial charge < -0.3 is 14.5 Å². The normalized spacial score (nSPS) is 18.8. The Morgan fingerprint density at radius 3 is 2.70 bits per heavy atom. The van der Waals surface area contributed by atoms with Crippen LogP contribution < -0.4 is 10.1 Å². The molecule has 152 valence electrons. The molecular formula is C22H18FN3O4. The zero-order valence-corrected chi connectivity index (χ0v) is 16.3. The first-order valence-corrected chi connectivity index (χ1v) is 9.12. The number of methoxy groups -OCH3 is 1. The summed E-state index contributed by atoms with van der Waals surface area (Å²) in [6.07, 6.45) is 1.24. The molecule has 1 atom stereocenters. The van der Waals surface area contributed by atoms with Gasteiger partial charge in [0.1, 0.15) is 28.6 Å². The van der Waals surface area contributed by atoms with Gasteiger partial charge in [0.05, 0.1) is 18.9 Å². The third-order valence-electron chi connectivity index (χ3n) is 4.88. The highest BCUT2D eigenvalue weighted by molar-refractivity contribution is 6.07. The number of nitrogens with zero attached hydrogens (tertiary/aromatic N) is 2. The number of urea groups is 1. The molecule has 0 aliphatic carbocycles. The summed E-state index contributed by atoms with van der Waals surface area (Å²) in [5, 5.41) is 7.38. The SMILES string of the molecule is COc1cccc([C@]2(C)NC(=O)N(/N=C\c3ccc(-c4ccccc4F)o3)C2=O)c1. The fraction of sp³-hybridized carbons (Fsp3) is 0.136. The van der Waals surface area contributed by atoms with Gasteiger partial charge in [0.2, 0.25) is 0 Å². The minimum Gasteiger partial charge on any atom is -0.497 e. The second-order valence-corrected chi connectivity index (χ2v) is 6.83. The third-order valence-corrected chi connectivity index (χ3v) is 4.88. The Morgan fingerprint density at radius 1 is 1.13 bits per heavy atom. The smallest absolute Gasteiger partial charge is 0.346 e. The molecule has 1 saturated heterocycles. The van der Waals surface area contributed by atoms with E-state index in [0.29, 0.717) is 22.6 Å². The molecule has 1 aliphatic rings. The molecule has 1 N–H and O–H groups in total. The Kier molecular flexibility index (Phi) is 4.83. The fourth-order valence-corrected chi connectivity index (χ4v) is 3.20. The molecule has 2 aromatic carbocycles. The van der Waals surface area contributed by atoms with E-state index in [1.807, 2.05) is 0 Å². The Hall–Kier alpha value is -3.94. The number of benzene rings is 2. The molecule has 0 radical (unpaired) electrons. The predicted molar refractivity (Wildman–Crippen MR) is 107 cm³/mol. The molecule has 3 aromatic rings. The number of hydrogen-bond acceptors (Lipinski definition) is 5. The Balaban J connectivity index is 1.57. The lowest BCUT2D eigenvalue weighted by Gasteiger charge is -2.21. The lowest BCUT2D eigenvalue weighted by molar-refractivity contribution is -0.131. The van der Waals surface area contributed by atoms with E-state index in [2.05, 4.69) is 10.4 Å². The van der Waals surface area contributed by atoms with Crippen LogP contribution in [0.1, 0.15) is 18.2 Å². The summed E-state index contributed by atoms with van der Waals surface area (Å²) in [6.45, 7) is 1.60. The van der Waals surface area contributed by atoms with Gasteiger partial charge in [-0.15, -0.1) is 5.01 Å². The molecule has 4 rings (SSSR count). The highest BCUT2D eigenvalue weighted by atomic mass is 19.1. The number of nitrogens with one attached hydrogen (secondary N) is 1. The van der Waals surface area contributed by atoms with Crippen molar-refractivity contribution in [3.05, 3.63) is 77.8 Å². The maximum Gasteiger partial charge on any atom is 0.346 e. The van der Waals surface area contributed by atoms with E-state index in [0.717, 1.165) is 5.01 Å². The van der Waals surface area contributed by atoms with Gasteiger partial charge in [-0.2, -0.15) is 5.10 Å². The van der Waals surface area contributed by atoms with Crippen LogP contribution in [0.5, 0.6) is 5.75 Å². The standard InChI is InChI=1S/C22H18FN3O4/c1-22(14-6-5-7-15(12-14)29-2)20(27)26(21(28)25-22)24-13-16-10-11-19(30-16)17-8-3-4-9-18(17)23/h3-13H,1-2H3,(H,25,28)/b24-13-/t22-/m0/s1. The number of rotatable bonds is 5. The quantitative estimate of drug-likeness (QED) is 0.514. The maximum absolute atomic E-state index is 13.9. The first-order valence-electron chi connectivity index (χ1n) is 9.12. The second-order valence-electron chi connectivity index (χ2n) is 6.83. The van der Waals surface area contributed by atoms with Crippen LogP contribution in [0.15, 0.2) is 70.2 Å². The largest absolute Gasteiger partial charge is 0.497 e. The van der Waals surface area contributed by atoms with Gasteiger partial charge in [-0.05, 0) is 48.9 Å². The van der Waals surface area contributed by atoms with Gasteiger partial charge in [0.15, 0.2) is 0 Å². The van der Waals surface area contributed by atoms with E-state index in [-0.39, 0.29) is 5.76 Å². The fourth-order valence-electron chi connectivity index (χ4n) is 3.20. The van der Waals surface area contributed by atoms with Crippen LogP contribution in [-0.4, -0.2) is 30.3 Å². The lowest BCUT2D eigenvalue weighted by Crippen LogP contribution is -2.40. The first kappa shape index (κ1) is 19.4. The third kappa shape index (κ3) is 3.32. The topological polar surface area (TPSA) is 84.1 Å². The van der Waals surface area contributed by atoms with Crippen molar-refractivity contribution in [3.8, 4) is 17.1 Å². The maximum atomic E-state index is 13.9. The van der Waals surface area contributed by atoms with Crippen molar-refractivity contribution in [2.75, 3.05) is 7.11 Å². The summed E-state index contributed by atoms with van der Waals surface area (Å²) in [5.41, 5.74) is -0.416. The molecule has 0 unspecified atom stereocenters. The highest BCUT2D eigenvalue weighted by Crippen LogP contribution is 2.31. The van der Waals surface area contributed by atoms with Crippen LogP contribution in [0.2, 0.25) is 0 Å². The minimum atomic E-state index is -1.29. The zero-order chi connectivity index (χ0) is 21.3. The molecule has 7 nitrogen and oxygen atoms in total. The summed E-state index contributed by atoms with van der Waals surface area (Å²) >= 11 is 0. The predicted octanol–water partition coefficient (Wildman–Crippen LogP) is 3.90. The lowest BCUT2D eigenvalue weighted by atomic mass is 9.92. The highest BCUT2D eigenvalue weighted by Gasteiger charge is 2.49. The molecule has 2 heterocycles. The number of halogens is 1. The summed E-state index contributed by atoms with van der Waals surface area (Å²) in [7, 11) is 1.52. The van der Waals surface area contributed by atoms with Crippen molar-refractivity contribution in [2.45, 2.75) is 12.5 Å². The van der Waals surface area contributed by atoms with Crippen LogP contribution in [0.25, 0.3) is 11.3 Å². The van der Waals surface area contributed by atoms with Crippen LogP contribution in [0, 0.1) is 5.82 Å². The summed E-state index contributed by atoms with van der Waals surface area (Å²) < 4.78 is 24.7. The number of ether oxygens (including phenoxy) is 1. The van der Waals surface area contributed by atoms with Crippen molar-refractivity contribution < 1.29 is 23.1 Å². The van der Waals surface area contributed by atoms with E-state index >= 15 is 0 Å². The molecule has 0 spiro atoms. The molecule has 1 aliphatic heterocycles. The summed E-state index contributed by atoms with van der Waals surface area (Å²) in [4.78, 5) is 25.3. The van der Waals surface area contributed by atoms with E-state index in [9.17, 15) is 14.0 Å². The molecular weight excluding hydrogens is 389 g/mol. The van der Waals surface area contributed by atoms with Gasteiger partial charge in [-0.25, -0.2) is 9.18 Å². The molecule has 1 aromatic heterocycles. The molecule has 0 saturated carbocycles. The van der Waals surface area contributed by atoms with Crippen LogP contribution in [0.3, 0.4) is 0 Å². The van der Waals surface area contributed by atoms with Crippen molar-refractivity contribution in [2.24, 2.45) is 5.10 Å². The molecule has 3 amide bonds. The molecule has 1 fully saturated rings. The zero-order valence-electron chi connectivity index (χ0n) is 16.3. The average Bonchev–Trinajstić information content (AvgIpc) is 3.30. The van der Waals surface area contributed by atoms with E-state index in [1.165, 1.54) is 19.4 Å². The van der Waals surface area contributed by atoms with E-state index in [1.54, 1.807) is 61.5 Å². The van der Waals surface area contributed by atoms with Gasteiger partial charge in [0.25, 0.3) is 5.91 Å². The van der Waals surface area contributed by atoms with Crippen LogP contribution >= 0.6 is 0 Å². The van der Waals surface area contributed by atoms with Gasteiger partial charge in [-0.3, -0.25) is 4.79 Å². The Bertz CT molecular complexity index is 1160. The average molecular weight is 407 g/mol. The van der Waals surface area contributed by atoms with Crippen molar-refractivity contribution in [1.82, 2.24) is 10.3 Å². The molecule has 0 bridgehead atoms. The second kappa shape index (κ2) is 7.47. The number of hydrogen-bond donors (Lipinski definition) is 1. The van der Waals surface area contributed by atoms with Gasteiger partial charge >= 0.3 is 6.03 Å². The van der Waals surface area contributed by atoms with E-state index in [4.69, 9.17) is 9.15 Å². The van der Waals surface area contributed by atoms with Crippen LogP contribution in [0.4, 0.5) is 9.18 Å². The summed E-state index contributed by atoms with van der Waals surface area (Å²) in [5.74, 6) is 0.183. The number of carbonyl (C=O) groups excluding carboxylic acids is 2. The van der Waals surface area contributed by atoms with Crippen molar-refractivity contribution >= 4 is 18.2 Å². The van der Waals surface area contributed by atoms with Gasteiger partial charge in [-0.1, -0.05) is 24.3 Å². The summed E-state index contributed by atoms with van der Waals surface area (Å²) in [6, 6.07) is 15.6. The Morgan fingerprint density at radius 2 is 1.93 bits per heavy atom. The first-order chi connectivity index (χ1) is 14.4. The monoisotopic (exact) mass is 407 g/mol. The number of carbonyl (C=O) groups is 2.